The fourth-order valence-electron chi connectivity index (χ4n) is 1.42. The van der Waals surface area contributed by atoms with Gasteiger partial charge in [0, 0.05) is 6.92 Å². The van der Waals surface area contributed by atoms with E-state index in [0.717, 1.165) is 4.90 Å². The number of hydrogen-bond donors (Lipinski definition) is 1. The van der Waals surface area contributed by atoms with Crippen LogP contribution in [-0.2, 0) is 14.3 Å². The predicted molar refractivity (Wildman–Crippen MR) is 58.2 cm³/mol. The molecule has 5 nitrogen and oxygen atoms in total. The topological polar surface area (TPSA) is 66.8 Å². The van der Waals surface area contributed by atoms with Crippen LogP contribution in [0.15, 0.2) is 0 Å². The van der Waals surface area contributed by atoms with E-state index in [4.69, 9.17) is 39.5 Å². The highest BCUT2D eigenvalue weighted by Gasteiger charge is 2.43. The van der Waals surface area contributed by atoms with E-state index < -0.39 is 28.0 Å². The minimum absolute atomic E-state index is 0.0165. The van der Waals surface area contributed by atoms with Crippen molar-refractivity contribution < 1.29 is 19.4 Å². The summed E-state index contributed by atoms with van der Waals surface area (Å²) in [4.78, 5) is 23.1. The van der Waals surface area contributed by atoms with Crippen LogP contribution in [0.5, 0.6) is 0 Å². The van der Waals surface area contributed by atoms with Crippen molar-refractivity contribution in [3.05, 3.63) is 0 Å². The Bertz CT molecular complexity index is 304. The summed E-state index contributed by atoms with van der Waals surface area (Å²) in [6.45, 7) is 1.26. The van der Waals surface area contributed by atoms with Crippen LogP contribution in [0.2, 0.25) is 0 Å². The molecule has 0 aliphatic carbocycles. The van der Waals surface area contributed by atoms with E-state index in [1.165, 1.54) is 6.92 Å². The lowest BCUT2D eigenvalue weighted by Gasteiger charge is -2.28. The molecular formula is C8H10Cl3NO4. The number of esters is 1. The summed E-state index contributed by atoms with van der Waals surface area (Å²) in [6, 6.07) is 0. The zero-order valence-corrected chi connectivity index (χ0v) is 10.6. The van der Waals surface area contributed by atoms with Gasteiger partial charge < -0.3 is 14.7 Å². The van der Waals surface area contributed by atoms with Crippen LogP contribution in [0, 0.1) is 0 Å². The third kappa shape index (κ3) is 3.38. The zero-order chi connectivity index (χ0) is 12.5. The van der Waals surface area contributed by atoms with Crippen LogP contribution in [-0.4, -0.2) is 44.6 Å². The minimum atomic E-state index is -1.99. The SMILES string of the molecule is CC(=O)OC1CC(=O)N(C(O)C(Cl)(Cl)Cl)C1. The molecule has 0 spiro atoms. The van der Waals surface area contributed by atoms with Gasteiger partial charge in [-0.05, 0) is 0 Å². The third-order valence-electron chi connectivity index (χ3n) is 2.04. The Balaban J connectivity index is 2.64. The molecule has 0 saturated carbocycles. The Kier molecular flexibility index (Phi) is 4.29. The molecule has 8 heteroatoms. The Hall–Kier alpha value is -0.230. The number of alkyl halides is 3. The summed E-state index contributed by atoms with van der Waals surface area (Å²) >= 11 is 16.4. The van der Waals surface area contributed by atoms with Crippen LogP contribution >= 0.6 is 34.8 Å². The standard InChI is InChI=1S/C8H10Cl3NO4/c1-4(13)16-5-2-6(14)12(3-5)7(15)8(9,10)11/h5,7,15H,2-3H2,1H3. The van der Waals surface area contributed by atoms with Gasteiger partial charge in [-0.25, -0.2) is 0 Å². The molecule has 1 heterocycles. The van der Waals surface area contributed by atoms with Crippen LogP contribution in [0.1, 0.15) is 13.3 Å². The van der Waals surface area contributed by atoms with Crippen molar-refractivity contribution in [2.75, 3.05) is 6.54 Å². The third-order valence-corrected chi connectivity index (χ3v) is 2.63. The van der Waals surface area contributed by atoms with Crippen molar-refractivity contribution in [1.29, 1.82) is 0 Å². The van der Waals surface area contributed by atoms with Crippen molar-refractivity contribution >= 4 is 46.7 Å². The highest BCUT2D eigenvalue weighted by molar-refractivity contribution is 6.68. The number of hydrogen-bond acceptors (Lipinski definition) is 4. The number of aliphatic hydroxyl groups excluding tert-OH is 1. The fraction of sp³-hybridized carbons (Fsp3) is 0.750. The summed E-state index contributed by atoms with van der Waals surface area (Å²) in [7, 11) is 0. The number of likely N-dealkylation sites (tertiary alicyclic amines) is 1. The van der Waals surface area contributed by atoms with E-state index in [9.17, 15) is 14.7 Å². The molecule has 2 unspecified atom stereocenters. The van der Waals surface area contributed by atoms with Crippen molar-refractivity contribution in [3.8, 4) is 0 Å². The first-order chi connectivity index (χ1) is 7.21. The quantitative estimate of drug-likeness (QED) is 0.604. The molecule has 1 rings (SSSR count). The number of nitrogens with zero attached hydrogens (tertiary/aromatic N) is 1. The molecule has 0 aromatic rings. The van der Waals surface area contributed by atoms with Gasteiger partial charge in [-0.2, -0.15) is 0 Å². The molecule has 0 aromatic carbocycles. The average molecular weight is 291 g/mol. The van der Waals surface area contributed by atoms with Crippen molar-refractivity contribution in [1.82, 2.24) is 4.90 Å². The maximum Gasteiger partial charge on any atom is 0.302 e. The van der Waals surface area contributed by atoms with Crippen LogP contribution in [0.25, 0.3) is 0 Å². The Labute approximate surface area is 107 Å². The maximum atomic E-state index is 11.5. The summed E-state index contributed by atoms with van der Waals surface area (Å²) in [5, 5.41) is 9.58. The van der Waals surface area contributed by atoms with Gasteiger partial charge in [-0.1, -0.05) is 34.8 Å². The Morgan fingerprint density at radius 1 is 1.62 bits per heavy atom. The zero-order valence-electron chi connectivity index (χ0n) is 8.32. The monoisotopic (exact) mass is 289 g/mol. The molecule has 1 fully saturated rings. The molecular weight excluding hydrogens is 280 g/mol. The highest BCUT2D eigenvalue weighted by atomic mass is 35.6. The predicted octanol–water partition coefficient (Wildman–Crippen LogP) is 0.839. The van der Waals surface area contributed by atoms with Gasteiger partial charge in [0.05, 0.1) is 13.0 Å². The Morgan fingerprint density at radius 2 is 2.19 bits per heavy atom. The number of ether oxygens (including phenoxy) is 1. The lowest BCUT2D eigenvalue weighted by molar-refractivity contribution is -0.146. The van der Waals surface area contributed by atoms with Gasteiger partial charge in [0.15, 0.2) is 6.23 Å². The highest BCUT2D eigenvalue weighted by Crippen LogP contribution is 2.34. The first-order valence-corrected chi connectivity index (χ1v) is 5.56. The first-order valence-electron chi connectivity index (χ1n) is 4.43. The molecule has 0 radical (unpaired) electrons. The molecule has 1 saturated heterocycles. The summed E-state index contributed by atoms with van der Waals surface area (Å²) in [5.41, 5.74) is 0. The van der Waals surface area contributed by atoms with E-state index in [1.54, 1.807) is 0 Å². The van der Waals surface area contributed by atoms with Gasteiger partial charge >= 0.3 is 5.97 Å². The van der Waals surface area contributed by atoms with Crippen molar-refractivity contribution in [3.63, 3.8) is 0 Å². The maximum absolute atomic E-state index is 11.5. The molecule has 0 bridgehead atoms. The number of rotatable bonds is 2. The van der Waals surface area contributed by atoms with Crippen molar-refractivity contribution in [2.45, 2.75) is 29.5 Å². The molecule has 16 heavy (non-hydrogen) atoms. The van der Waals surface area contributed by atoms with Gasteiger partial charge in [-0.3, -0.25) is 9.59 Å². The number of halogens is 3. The lowest BCUT2D eigenvalue weighted by atomic mass is 10.3. The van der Waals surface area contributed by atoms with Crippen LogP contribution in [0.4, 0.5) is 0 Å². The average Bonchev–Trinajstić information content (AvgIpc) is 2.42. The molecule has 1 aliphatic heterocycles. The van der Waals surface area contributed by atoms with Gasteiger partial charge in [0.1, 0.15) is 6.10 Å². The smallest absolute Gasteiger partial charge is 0.302 e. The molecule has 1 N–H and O–H groups in total. The Morgan fingerprint density at radius 3 is 2.62 bits per heavy atom. The van der Waals surface area contributed by atoms with Gasteiger partial charge in [-0.15, -0.1) is 0 Å². The molecule has 1 aliphatic rings. The van der Waals surface area contributed by atoms with E-state index >= 15 is 0 Å². The molecule has 2 atom stereocenters. The molecule has 0 aromatic heterocycles. The number of amides is 1. The largest absolute Gasteiger partial charge is 0.460 e. The fourth-order valence-corrected chi connectivity index (χ4v) is 1.78. The normalized spacial score (nSPS) is 23.4. The van der Waals surface area contributed by atoms with Crippen LogP contribution < -0.4 is 0 Å². The van der Waals surface area contributed by atoms with E-state index in [0.29, 0.717) is 0 Å². The number of carbonyl (C=O) groups excluding carboxylic acids is 2. The molecule has 92 valence electrons. The minimum Gasteiger partial charge on any atom is -0.460 e. The second-order valence-corrected chi connectivity index (χ2v) is 5.77. The van der Waals surface area contributed by atoms with E-state index in [-0.39, 0.29) is 13.0 Å². The van der Waals surface area contributed by atoms with E-state index in [2.05, 4.69) is 0 Å². The van der Waals surface area contributed by atoms with Gasteiger partial charge in [0.2, 0.25) is 9.70 Å². The van der Waals surface area contributed by atoms with E-state index in [1.807, 2.05) is 0 Å². The molecule has 1 amide bonds. The summed E-state index contributed by atoms with van der Waals surface area (Å²) in [6.07, 6.45) is -2.17. The summed E-state index contributed by atoms with van der Waals surface area (Å²) < 4.78 is 2.85. The lowest BCUT2D eigenvalue weighted by Crippen LogP contribution is -2.45. The van der Waals surface area contributed by atoms with Gasteiger partial charge in [0.25, 0.3) is 0 Å². The van der Waals surface area contributed by atoms with Crippen molar-refractivity contribution in [2.24, 2.45) is 0 Å². The first kappa shape index (κ1) is 13.8. The second-order valence-electron chi connectivity index (χ2n) is 3.40. The summed E-state index contributed by atoms with van der Waals surface area (Å²) in [5.74, 6) is -0.923. The number of carbonyl (C=O) groups is 2. The second kappa shape index (κ2) is 4.96. The van der Waals surface area contributed by atoms with Crippen LogP contribution in [0.3, 0.4) is 0 Å². The number of aliphatic hydroxyl groups is 1.